The number of anilines is 1. The van der Waals surface area contributed by atoms with E-state index in [2.05, 4.69) is 42.7 Å². The molecule has 19 heteroatoms. The molecule has 5 amide bonds. The number of sulfonamides is 1. The van der Waals surface area contributed by atoms with Gasteiger partial charge in [0.2, 0.25) is 23.5 Å². The van der Waals surface area contributed by atoms with Gasteiger partial charge in [-0.3, -0.25) is 19.2 Å². The Bertz CT molecular complexity index is 2150. The molecule has 18 nitrogen and oxygen atoms in total. The smallest absolute Gasteiger partial charge is 0.408 e. The van der Waals surface area contributed by atoms with Crippen LogP contribution in [0.3, 0.4) is 0 Å². The molecule has 304 valence electrons. The Hall–Kier alpha value is -5.85. The molecule has 0 bridgehead atoms. The van der Waals surface area contributed by atoms with Crippen molar-refractivity contribution in [3.63, 3.8) is 0 Å². The molecule has 3 fully saturated rings. The Balaban J connectivity index is 1.26. The maximum atomic E-state index is 14.5. The van der Waals surface area contributed by atoms with E-state index in [1.54, 1.807) is 52.1 Å². The SMILES string of the molecule is C=C[C@@H]1C[C@]1(NC(=O)[C@@H]1C[C@@H](n2nnc(-c3ccc(OC)cc3)n2)CN1C(=O)[C@@H](NC(=O)OC1CCC1)C(C)(C)C)C(=O)NS(=O)(=O)c1ccc(NC(C)=O)cc1. The second-order valence-electron chi connectivity index (χ2n) is 15.6. The van der Waals surface area contributed by atoms with Crippen molar-refractivity contribution in [3.8, 4) is 17.1 Å². The molecule has 2 aromatic carbocycles. The number of alkyl carbamates (subject to hydrolysis) is 1. The summed E-state index contributed by atoms with van der Waals surface area (Å²) in [5.74, 6) is -2.34. The number of hydrogen-bond donors (Lipinski definition) is 4. The molecule has 2 heterocycles. The van der Waals surface area contributed by atoms with Crippen LogP contribution in [-0.4, -0.2) is 101 Å². The predicted molar refractivity (Wildman–Crippen MR) is 205 cm³/mol. The zero-order chi connectivity index (χ0) is 41.3. The van der Waals surface area contributed by atoms with Gasteiger partial charge in [0.05, 0.1) is 18.0 Å². The highest BCUT2D eigenvalue weighted by molar-refractivity contribution is 7.90. The Morgan fingerprint density at radius 2 is 1.72 bits per heavy atom. The largest absolute Gasteiger partial charge is 0.497 e. The first-order valence-electron chi connectivity index (χ1n) is 18.5. The van der Waals surface area contributed by atoms with Crippen LogP contribution in [0.25, 0.3) is 11.4 Å². The number of nitrogens with one attached hydrogen (secondary N) is 4. The highest BCUT2D eigenvalue weighted by Crippen LogP contribution is 2.45. The molecule has 3 aromatic rings. The van der Waals surface area contributed by atoms with E-state index in [0.717, 1.165) is 19.3 Å². The molecule has 2 aliphatic carbocycles. The van der Waals surface area contributed by atoms with Crippen LogP contribution < -0.4 is 25.4 Å². The summed E-state index contributed by atoms with van der Waals surface area (Å²) in [6, 6.07) is 9.24. The minimum Gasteiger partial charge on any atom is -0.497 e. The van der Waals surface area contributed by atoms with Crippen molar-refractivity contribution < 1.29 is 41.9 Å². The molecule has 3 aliphatic rings. The number of benzene rings is 2. The monoisotopic (exact) mass is 805 g/mol. The first kappa shape index (κ1) is 40.8. The number of carbonyl (C=O) groups is 5. The van der Waals surface area contributed by atoms with Gasteiger partial charge in [0, 0.05) is 37.1 Å². The highest BCUT2D eigenvalue weighted by atomic mass is 32.2. The maximum absolute atomic E-state index is 14.5. The van der Waals surface area contributed by atoms with E-state index >= 15 is 0 Å². The van der Waals surface area contributed by atoms with Gasteiger partial charge in [0.1, 0.15) is 29.5 Å². The highest BCUT2D eigenvalue weighted by Gasteiger charge is 2.61. The fraction of sp³-hybridized carbons (Fsp3) is 0.474. The van der Waals surface area contributed by atoms with Crippen LogP contribution >= 0.6 is 0 Å². The molecular formula is C38H47N9O9S. The molecule has 1 aromatic heterocycles. The lowest BCUT2D eigenvalue weighted by atomic mass is 9.85. The Morgan fingerprint density at radius 1 is 1.04 bits per heavy atom. The van der Waals surface area contributed by atoms with Crippen LogP contribution in [0.2, 0.25) is 0 Å². The van der Waals surface area contributed by atoms with Gasteiger partial charge in [-0.05, 0) is 84.8 Å². The summed E-state index contributed by atoms with van der Waals surface area (Å²) in [7, 11) is -2.87. The molecule has 6 rings (SSSR count). The quantitative estimate of drug-likeness (QED) is 0.183. The van der Waals surface area contributed by atoms with Gasteiger partial charge < -0.3 is 30.3 Å². The summed E-state index contributed by atoms with van der Waals surface area (Å²) in [5.41, 5.74) is -1.52. The van der Waals surface area contributed by atoms with Gasteiger partial charge in [0.15, 0.2) is 0 Å². The first-order valence-corrected chi connectivity index (χ1v) is 20.0. The second kappa shape index (κ2) is 16.0. The van der Waals surface area contributed by atoms with Crippen molar-refractivity contribution in [2.45, 2.75) is 94.5 Å². The van der Waals surface area contributed by atoms with Crippen molar-refractivity contribution in [3.05, 3.63) is 61.2 Å². The minimum absolute atomic E-state index is 0.00519. The summed E-state index contributed by atoms with van der Waals surface area (Å²) in [6.45, 7) is 10.3. The number of amides is 5. The molecule has 2 saturated carbocycles. The number of rotatable bonds is 13. The average molecular weight is 806 g/mol. The second-order valence-corrected chi connectivity index (χ2v) is 17.3. The molecule has 57 heavy (non-hydrogen) atoms. The number of ether oxygens (including phenoxy) is 2. The summed E-state index contributed by atoms with van der Waals surface area (Å²) >= 11 is 0. The molecular weight excluding hydrogens is 759 g/mol. The van der Waals surface area contributed by atoms with E-state index < -0.39 is 68.8 Å². The Labute approximate surface area is 330 Å². The Kier molecular flexibility index (Phi) is 11.4. The third kappa shape index (κ3) is 8.92. The zero-order valence-corrected chi connectivity index (χ0v) is 33.2. The number of nitrogens with zero attached hydrogens (tertiary/aromatic N) is 5. The van der Waals surface area contributed by atoms with E-state index in [4.69, 9.17) is 9.47 Å². The van der Waals surface area contributed by atoms with E-state index in [9.17, 15) is 32.4 Å². The number of methoxy groups -OCH3 is 1. The van der Waals surface area contributed by atoms with Gasteiger partial charge in [-0.1, -0.05) is 26.8 Å². The lowest BCUT2D eigenvalue weighted by Crippen LogP contribution is -2.60. The fourth-order valence-corrected chi connectivity index (χ4v) is 7.88. The first-order chi connectivity index (χ1) is 26.9. The van der Waals surface area contributed by atoms with Crippen molar-refractivity contribution in [1.82, 2.24) is 40.5 Å². The molecule has 0 spiro atoms. The normalized spacial score (nSPS) is 22.3. The van der Waals surface area contributed by atoms with E-state index in [0.29, 0.717) is 22.8 Å². The van der Waals surface area contributed by atoms with Crippen LogP contribution in [0.15, 0.2) is 66.1 Å². The predicted octanol–water partition coefficient (Wildman–Crippen LogP) is 2.71. The molecule has 5 atom stereocenters. The minimum atomic E-state index is -4.42. The van der Waals surface area contributed by atoms with Gasteiger partial charge in [-0.15, -0.1) is 16.8 Å². The van der Waals surface area contributed by atoms with Gasteiger partial charge in [-0.2, -0.15) is 4.80 Å². The maximum Gasteiger partial charge on any atom is 0.408 e. The van der Waals surface area contributed by atoms with Crippen LogP contribution in [0.5, 0.6) is 5.75 Å². The van der Waals surface area contributed by atoms with Crippen molar-refractivity contribution in [2.24, 2.45) is 11.3 Å². The van der Waals surface area contributed by atoms with Crippen molar-refractivity contribution in [2.75, 3.05) is 19.0 Å². The number of tetrazole rings is 1. The average Bonchev–Trinajstić information content (AvgIpc) is 3.43. The van der Waals surface area contributed by atoms with Gasteiger partial charge in [-0.25, -0.2) is 17.9 Å². The number of likely N-dealkylation sites (tertiary alicyclic amines) is 1. The topological polar surface area (TPSA) is 233 Å². The zero-order valence-electron chi connectivity index (χ0n) is 32.4. The van der Waals surface area contributed by atoms with Crippen LogP contribution in [-0.2, 0) is 33.9 Å². The van der Waals surface area contributed by atoms with Gasteiger partial charge in [0.25, 0.3) is 15.9 Å². The van der Waals surface area contributed by atoms with E-state index in [1.807, 2.05) is 0 Å². The van der Waals surface area contributed by atoms with E-state index in [-0.39, 0.29) is 36.3 Å². The number of hydrogen-bond acceptors (Lipinski definition) is 12. The summed E-state index contributed by atoms with van der Waals surface area (Å²) in [6.07, 6.45) is 2.90. The summed E-state index contributed by atoms with van der Waals surface area (Å²) in [4.78, 5) is 69.5. The third-order valence-corrected chi connectivity index (χ3v) is 11.8. The molecule has 1 aliphatic heterocycles. The molecule has 4 N–H and O–H groups in total. The third-order valence-electron chi connectivity index (χ3n) is 10.4. The van der Waals surface area contributed by atoms with Crippen LogP contribution in [0, 0.1) is 11.3 Å². The van der Waals surface area contributed by atoms with Crippen LogP contribution in [0.4, 0.5) is 10.5 Å². The number of carbonyl (C=O) groups excluding carboxylic acids is 5. The molecule has 0 unspecified atom stereocenters. The van der Waals surface area contributed by atoms with Crippen LogP contribution in [0.1, 0.15) is 65.8 Å². The molecule has 1 saturated heterocycles. The van der Waals surface area contributed by atoms with E-state index in [1.165, 1.54) is 47.0 Å². The summed E-state index contributed by atoms with van der Waals surface area (Å²) < 4.78 is 39.5. The Morgan fingerprint density at radius 3 is 2.28 bits per heavy atom. The standard InChI is InChI=1S/C38H47N9O9S/c1-7-24-20-38(24,35(51)44-57(53,54)29-17-13-25(14-18-29)39-22(2)48)41-33(49)30-19-26(47-43-32(42-45-47)23-11-15-27(55-6)16-12-23)21-46(30)34(50)31(37(3,4)5)40-36(52)56-28-9-8-10-28/h7,11-18,24,26,28,30-31H,1,8-10,19-21H2,2-6H3,(H,39,48)(H,40,52)(H,41,49)(H,44,51)/t24-,26-,30+,31-,38-/m1/s1. The van der Waals surface area contributed by atoms with Gasteiger partial charge >= 0.3 is 6.09 Å². The lowest BCUT2D eigenvalue weighted by Gasteiger charge is -2.36. The summed E-state index contributed by atoms with van der Waals surface area (Å²) in [5, 5.41) is 21.0. The van der Waals surface area contributed by atoms with Crippen molar-refractivity contribution >= 4 is 45.4 Å². The fourth-order valence-electron chi connectivity index (χ4n) is 6.84. The molecule has 0 radical (unpaired) electrons. The lowest BCUT2D eigenvalue weighted by molar-refractivity contribution is -0.143. The van der Waals surface area contributed by atoms with Crippen molar-refractivity contribution in [1.29, 1.82) is 0 Å². The number of aromatic nitrogens is 4.